The van der Waals surface area contributed by atoms with Gasteiger partial charge in [-0.2, -0.15) is 5.10 Å². The van der Waals surface area contributed by atoms with Gasteiger partial charge in [0, 0.05) is 18.8 Å². The predicted molar refractivity (Wildman–Crippen MR) is 64.9 cm³/mol. The van der Waals surface area contributed by atoms with Gasteiger partial charge in [0.2, 0.25) is 0 Å². The molecule has 1 aromatic heterocycles. The number of hydrogen-bond donors (Lipinski definition) is 1. The standard InChI is InChI=1S/C12H13ClN2O2/c1-15-6-10(5-14-15)8-17-12-3-2-9(7-16)4-11(12)13/h2-6,16H,7-8H2,1H3. The molecule has 0 radical (unpaired) electrons. The number of aliphatic hydroxyl groups is 1. The number of aromatic nitrogens is 2. The van der Waals surface area contributed by atoms with Crippen molar-refractivity contribution in [3.63, 3.8) is 0 Å². The van der Waals surface area contributed by atoms with E-state index in [-0.39, 0.29) is 6.61 Å². The average Bonchev–Trinajstić information content (AvgIpc) is 2.73. The molecule has 0 aliphatic heterocycles. The Balaban J connectivity index is 2.04. The summed E-state index contributed by atoms with van der Waals surface area (Å²) < 4.78 is 7.29. The summed E-state index contributed by atoms with van der Waals surface area (Å²) in [5.74, 6) is 0.604. The lowest BCUT2D eigenvalue weighted by Gasteiger charge is -2.07. The third-order valence-electron chi connectivity index (χ3n) is 2.33. The summed E-state index contributed by atoms with van der Waals surface area (Å²) in [5.41, 5.74) is 1.75. The number of aliphatic hydroxyl groups excluding tert-OH is 1. The molecule has 1 aromatic carbocycles. The van der Waals surface area contributed by atoms with Gasteiger partial charge < -0.3 is 9.84 Å². The molecule has 0 bridgehead atoms. The highest BCUT2D eigenvalue weighted by Gasteiger charge is 2.04. The number of ether oxygens (including phenoxy) is 1. The number of nitrogens with zero attached hydrogens (tertiary/aromatic N) is 2. The van der Waals surface area contributed by atoms with Crippen molar-refractivity contribution >= 4 is 11.6 Å². The molecular formula is C12H13ClN2O2. The predicted octanol–water partition coefficient (Wildman–Crippen LogP) is 2.14. The smallest absolute Gasteiger partial charge is 0.138 e. The fraction of sp³-hybridized carbons (Fsp3) is 0.250. The van der Waals surface area contributed by atoms with E-state index < -0.39 is 0 Å². The van der Waals surface area contributed by atoms with Crippen LogP contribution in [0, 0.1) is 0 Å². The lowest BCUT2D eigenvalue weighted by molar-refractivity contribution is 0.281. The van der Waals surface area contributed by atoms with Gasteiger partial charge in [-0.05, 0) is 17.7 Å². The van der Waals surface area contributed by atoms with Crippen LogP contribution in [0.1, 0.15) is 11.1 Å². The molecule has 90 valence electrons. The Hall–Kier alpha value is -1.52. The van der Waals surface area contributed by atoms with E-state index in [1.54, 1.807) is 29.1 Å². The molecular weight excluding hydrogens is 240 g/mol. The van der Waals surface area contributed by atoms with E-state index in [1.807, 2.05) is 13.2 Å². The van der Waals surface area contributed by atoms with Crippen molar-refractivity contribution in [1.82, 2.24) is 9.78 Å². The highest BCUT2D eigenvalue weighted by Crippen LogP contribution is 2.26. The van der Waals surface area contributed by atoms with Crippen LogP contribution in [0.2, 0.25) is 5.02 Å². The molecule has 2 rings (SSSR count). The molecule has 17 heavy (non-hydrogen) atoms. The Morgan fingerprint density at radius 2 is 2.24 bits per heavy atom. The van der Waals surface area contributed by atoms with E-state index in [0.29, 0.717) is 17.4 Å². The maximum absolute atomic E-state index is 8.95. The third-order valence-corrected chi connectivity index (χ3v) is 2.63. The molecule has 0 spiro atoms. The van der Waals surface area contributed by atoms with Gasteiger partial charge in [0.15, 0.2) is 0 Å². The van der Waals surface area contributed by atoms with Crippen molar-refractivity contribution in [3.8, 4) is 5.75 Å². The van der Waals surface area contributed by atoms with Crippen LogP contribution in [0.4, 0.5) is 0 Å². The molecule has 0 amide bonds. The van der Waals surface area contributed by atoms with Crippen molar-refractivity contribution in [2.45, 2.75) is 13.2 Å². The SMILES string of the molecule is Cn1cc(COc2ccc(CO)cc2Cl)cn1. The topological polar surface area (TPSA) is 47.3 Å². The molecule has 1 N–H and O–H groups in total. The second-order valence-corrected chi connectivity index (χ2v) is 4.14. The molecule has 5 heteroatoms. The van der Waals surface area contributed by atoms with E-state index in [4.69, 9.17) is 21.4 Å². The first-order valence-corrected chi connectivity index (χ1v) is 5.56. The largest absolute Gasteiger partial charge is 0.487 e. The first-order valence-electron chi connectivity index (χ1n) is 5.18. The van der Waals surface area contributed by atoms with Crippen LogP contribution in [0.15, 0.2) is 30.6 Å². The van der Waals surface area contributed by atoms with Crippen LogP contribution in [-0.2, 0) is 20.3 Å². The second kappa shape index (κ2) is 5.21. The quantitative estimate of drug-likeness (QED) is 0.907. The summed E-state index contributed by atoms with van der Waals surface area (Å²) in [7, 11) is 1.85. The Morgan fingerprint density at radius 3 is 2.82 bits per heavy atom. The van der Waals surface area contributed by atoms with Gasteiger partial charge in [-0.1, -0.05) is 17.7 Å². The molecule has 0 saturated carbocycles. The van der Waals surface area contributed by atoms with Gasteiger partial charge in [-0.15, -0.1) is 0 Å². The number of rotatable bonds is 4. The Labute approximate surface area is 104 Å². The Morgan fingerprint density at radius 1 is 1.41 bits per heavy atom. The molecule has 0 saturated heterocycles. The summed E-state index contributed by atoms with van der Waals surface area (Å²) in [6, 6.07) is 5.23. The molecule has 0 aliphatic rings. The zero-order chi connectivity index (χ0) is 12.3. The third kappa shape index (κ3) is 2.99. The second-order valence-electron chi connectivity index (χ2n) is 3.73. The minimum atomic E-state index is -0.0252. The number of hydrogen-bond acceptors (Lipinski definition) is 3. The monoisotopic (exact) mass is 252 g/mol. The molecule has 0 atom stereocenters. The first kappa shape index (κ1) is 12.0. The molecule has 1 heterocycles. The lowest BCUT2D eigenvalue weighted by atomic mass is 10.2. The summed E-state index contributed by atoms with van der Waals surface area (Å²) >= 11 is 6.02. The zero-order valence-corrected chi connectivity index (χ0v) is 10.2. The van der Waals surface area contributed by atoms with Crippen LogP contribution in [0.3, 0.4) is 0 Å². The zero-order valence-electron chi connectivity index (χ0n) is 9.43. The van der Waals surface area contributed by atoms with Crippen LogP contribution in [-0.4, -0.2) is 14.9 Å². The van der Waals surface area contributed by atoms with Crippen LogP contribution < -0.4 is 4.74 Å². The number of aryl methyl sites for hydroxylation is 1. The number of halogens is 1. The van der Waals surface area contributed by atoms with Crippen molar-refractivity contribution in [2.75, 3.05) is 0 Å². The molecule has 0 unspecified atom stereocenters. The van der Waals surface area contributed by atoms with Gasteiger partial charge >= 0.3 is 0 Å². The summed E-state index contributed by atoms with van der Waals surface area (Å²) in [5, 5.41) is 13.5. The summed E-state index contributed by atoms with van der Waals surface area (Å²) in [4.78, 5) is 0. The van der Waals surface area contributed by atoms with Crippen molar-refractivity contribution in [1.29, 1.82) is 0 Å². The summed E-state index contributed by atoms with van der Waals surface area (Å²) in [6.07, 6.45) is 3.63. The normalized spacial score (nSPS) is 10.5. The molecule has 0 fully saturated rings. The van der Waals surface area contributed by atoms with E-state index >= 15 is 0 Å². The minimum absolute atomic E-state index is 0.0252. The average molecular weight is 253 g/mol. The van der Waals surface area contributed by atoms with Gasteiger partial charge in [-0.25, -0.2) is 0 Å². The van der Waals surface area contributed by atoms with Crippen LogP contribution in [0.5, 0.6) is 5.75 Å². The van der Waals surface area contributed by atoms with Crippen molar-refractivity contribution in [3.05, 3.63) is 46.7 Å². The fourth-order valence-corrected chi connectivity index (χ4v) is 1.72. The van der Waals surface area contributed by atoms with Gasteiger partial charge in [0.05, 0.1) is 17.8 Å². The van der Waals surface area contributed by atoms with Crippen molar-refractivity contribution in [2.24, 2.45) is 7.05 Å². The van der Waals surface area contributed by atoms with Gasteiger partial charge in [-0.3, -0.25) is 4.68 Å². The Kier molecular flexibility index (Phi) is 3.66. The van der Waals surface area contributed by atoms with E-state index in [1.165, 1.54) is 0 Å². The van der Waals surface area contributed by atoms with Gasteiger partial charge in [0.1, 0.15) is 12.4 Å². The molecule has 4 nitrogen and oxygen atoms in total. The van der Waals surface area contributed by atoms with E-state index in [0.717, 1.165) is 11.1 Å². The van der Waals surface area contributed by atoms with E-state index in [9.17, 15) is 0 Å². The Bertz CT molecular complexity index is 511. The van der Waals surface area contributed by atoms with E-state index in [2.05, 4.69) is 5.10 Å². The molecule has 2 aromatic rings. The summed E-state index contributed by atoms with van der Waals surface area (Å²) in [6.45, 7) is 0.397. The molecule has 0 aliphatic carbocycles. The lowest BCUT2D eigenvalue weighted by Crippen LogP contribution is -1.95. The maximum Gasteiger partial charge on any atom is 0.138 e. The number of benzene rings is 1. The highest BCUT2D eigenvalue weighted by molar-refractivity contribution is 6.32. The van der Waals surface area contributed by atoms with Crippen molar-refractivity contribution < 1.29 is 9.84 Å². The maximum atomic E-state index is 8.95. The highest BCUT2D eigenvalue weighted by atomic mass is 35.5. The first-order chi connectivity index (χ1) is 8.19. The van der Waals surface area contributed by atoms with Gasteiger partial charge in [0.25, 0.3) is 0 Å². The van der Waals surface area contributed by atoms with Crippen LogP contribution >= 0.6 is 11.6 Å². The van der Waals surface area contributed by atoms with Crippen LogP contribution in [0.25, 0.3) is 0 Å². The minimum Gasteiger partial charge on any atom is -0.487 e. The fourth-order valence-electron chi connectivity index (χ4n) is 1.47.